The number of rotatable bonds is 6. The monoisotopic (exact) mass is 289 g/mol. The van der Waals surface area contributed by atoms with Crippen LogP contribution >= 0.6 is 0 Å². The molecule has 1 aliphatic rings. The highest BCUT2D eigenvalue weighted by Gasteiger charge is 2.35. The Hall–Kier alpha value is -1.84. The second-order valence-electron chi connectivity index (χ2n) is 5.97. The van der Waals surface area contributed by atoms with E-state index >= 15 is 0 Å². The number of aryl methyl sites for hydroxylation is 1. The zero-order chi connectivity index (χ0) is 15.4. The number of nitrogens with one attached hydrogen (secondary N) is 1. The van der Waals surface area contributed by atoms with Gasteiger partial charge in [0, 0.05) is 12.5 Å². The van der Waals surface area contributed by atoms with E-state index in [1.54, 1.807) is 0 Å². The van der Waals surface area contributed by atoms with Gasteiger partial charge in [-0.25, -0.2) is 0 Å². The number of carbonyl (C=O) groups is 2. The number of hydrogen-bond acceptors (Lipinski definition) is 2. The first kappa shape index (κ1) is 15.5. The lowest BCUT2D eigenvalue weighted by atomic mass is 9.80. The first-order valence-corrected chi connectivity index (χ1v) is 7.60. The normalized spacial score (nSPS) is 22.2. The van der Waals surface area contributed by atoms with Gasteiger partial charge in [-0.2, -0.15) is 0 Å². The Labute approximate surface area is 125 Å². The van der Waals surface area contributed by atoms with Crippen molar-refractivity contribution in [2.75, 3.05) is 0 Å². The molecule has 1 aromatic carbocycles. The van der Waals surface area contributed by atoms with Crippen molar-refractivity contribution >= 4 is 11.9 Å². The van der Waals surface area contributed by atoms with Crippen LogP contribution in [0.5, 0.6) is 0 Å². The SMILES string of the molecule is CCc1ccc(C(C)CC(=O)NC2CC(C(=O)O)C2)cc1. The van der Waals surface area contributed by atoms with Gasteiger partial charge in [-0.15, -0.1) is 0 Å². The minimum atomic E-state index is -0.759. The van der Waals surface area contributed by atoms with Crippen LogP contribution in [-0.4, -0.2) is 23.0 Å². The van der Waals surface area contributed by atoms with E-state index < -0.39 is 5.97 Å². The Morgan fingerprint density at radius 3 is 2.43 bits per heavy atom. The molecule has 0 heterocycles. The van der Waals surface area contributed by atoms with Gasteiger partial charge in [0.15, 0.2) is 0 Å². The molecule has 0 aliphatic heterocycles. The van der Waals surface area contributed by atoms with Gasteiger partial charge in [0.1, 0.15) is 0 Å². The van der Waals surface area contributed by atoms with Crippen molar-refractivity contribution in [3.63, 3.8) is 0 Å². The predicted molar refractivity (Wildman–Crippen MR) is 81.1 cm³/mol. The Morgan fingerprint density at radius 1 is 1.29 bits per heavy atom. The van der Waals surface area contributed by atoms with Gasteiger partial charge in [-0.05, 0) is 36.3 Å². The van der Waals surface area contributed by atoms with Crippen LogP contribution in [0.25, 0.3) is 0 Å². The predicted octanol–water partition coefficient (Wildman–Crippen LogP) is 2.72. The average Bonchev–Trinajstić information content (AvgIpc) is 2.42. The van der Waals surface area contributed by atoms with E-state index in [-0.39, 0.29) is 23.8 Å². The molecule has 4 nitrogen and oxygen atoms in total. The lowest BCUT2D eigenvalue weighted by molar-refractivity contribution is -0.146. The van der Waals surface area contributed by atoms with Gasteiger partial charge in [0.25, 0.3) is 0 Å². The van der Waals surface area contributed by atoms with Gasteiger partial charge in [-0.3, -0.25) is 9.59 Å². The Bertz CT molecular complexity index is 503. The molecule has 1 aromatic rings. The number of carbonyl (C=O) groups excluding carboxylic acids is 1. The maximum Gasteiger partial charge on any atom is 0.306 e. The standard InChI is InChI=1S/C17H23NO3/c1-3-12-4-6-13(7-5-12)11(2)8-16(19)18-15-9-14(10-15)17(20)21/h4-7,11,14-15H,3,8-10H2,1-2H3,(H,18,19)(H,20,21). The minimum Gasteiger partial charge on any atom is -0.481 e. The van der Waals surface area contributed by atoms with Crippen molar-refractivity contribution in [2.24, 2.45) is 5.92 Å². The first-order chi connectivity index (χ1) is 9.99. The first-order valence-electron chi connectivity index (χ1n) is 7.60. The summed E-state index contributed by atoms with van der Waals surface area (Å²) in [6, 6.07) is 8.41. The summed E-state index contributed by atoms with van der Waals surface area (Å²) in [5.74, 6) is -0.860. The summed E-state index contributed by atoms with van der Waals surface area (Å²) in [7, 11) is 0. The zero-order valence-corrected chi connectivity index (χ0v) is 12.6. The summed E-state index contributed by atoms with van der Waals surface area (Å²) < 4.78 is 0. The van der Waals surface area contributed by atoms with E-state index in [1.807, 2.05) is 6.92 Å². The van der Waals surface area contributed by atoms with E-state index in [2.05, 4.69) is 36.5 Å². The number of carboxylic acid groups (broad SMARTS) is 1. The van der Waals surface area contributed by atoms with Crippen molar-refractivity contribution in [3.05, 3.63) is 35.4 Å². The van der Waals surface area contributed by atoms with Crippen molar-refractivity contribution in [1.29, 1.82) is 0 Å². The molecule has 1 aliphatic carbocycles. The van der Waals surface area contributed by atoms with Crippen LogP contribution in [0.2, 0.25) is 0 Å². The molecule has 1 saturated carbocycles. The van der Waals surface area contributed by atoms with E-state index in [9.17, 15) is 9.59 Å². The Kier molecular flexibility index (Phi) is 4.99. The Morgan fingerprint density at radius 2 is 1.90 bits per heavy atom. The zero-order valence-electron chi connectivity index (χ0n) is 12.6. The molecule has 1 fully saturated rings. The maximum atomic E-state index is 12.0. The van der Waals surface area contributed by atoms with E-state index in [1.165, 1.54) is 11.1 Å². The summed E-state index contributed by atoms with van der Waals surface area (Å²) >= 11 is 0. The number of carboxylic acids is 1. The third-order valence-electron chi connectivity index (χ3n) is 4.30. The molecule has 1 atom stereocenters. The molecule has 114 valence electrons. The largest absolute Gasteiger partial charge is 0.481 e. The highest BCUT2D eigenvalue weighted by Crippen LogP contribution is 2.28. The Balaban J connectivity index is 1.78. The van der Waals surface area contributed by atoms with Crippen LogP contribution in [0, 0.1) is 5.92 Å². The average molecular weight is 289 g/mol. The highest BCUT2D eigenvalue weighted by molar-refractivity contribution is 5.78. The molecule has 0 spiro atoms. The summed E-state index contributed by atoms with van der Waals surface area (Å²) in [4.78, 5) is 22.7. The number of benzene rings is 1. The second-order valence-corrected chi connectivity index (χ2v) is 5.97. The van der Waals surface area contributed by atoms with Gasteiger partial charge in [0.05, 0.1) is 5.92 Å². The fourth-order valence-corrected chi connectivity index (χ4v) is 2.70. The van der Waals surface area contributed by atoms with Crippen molar-refractivity contribution in [2.45, 2.75) is 51.5 Å². The molecule has 21 heavy (non-hydrogen) atoms. The van der Waals surface area contributed by atoms with Gasteiger partial charge < -0.3 is 10.4 Å². The number of amides is 1. The molecular formula is C17H23NO3. The third kappa shape index (κ3) is 4.06. The quantitative estimate of drug-likeness (QED) is 0.846. The molecule has 0 saturated heterocycles. The fourth-order valence-electron chi connectivity index (χ4n) is 2.70. The van der Waals surface area contributed by atoms with Crippen LogP contribution in [0.1, 0.15) is 50.2 Å². The topological polar surface area (TPSA) is 66.4 Å². The second kappa shape index (κ2) is 6.74. The van der Waals surface area contributed by atoms with Crippen molar-refractivity contribution in [1.82, 2.24) is 5.32 Å². The molecule has 1 unspecified atom stereocenters. The van der Waals surface area contributed by atoms with Crippen LogP contribution in [-0.2, 0) is 16.0 Å². The molecule has 1 amide bonds. The van der Waals surface area contributed by atoms with Crippen LogP contribution in [0.4, 0.5) is 0 Å². The molecule has 0 bridgehead atoms. The van der Waals surface area contributed by atoms with Gasteiger partial charge in [0.2, 0.25) is 5.91 Å². The summed E-state index contributed by atoms with van der Waals surface area (Å²) in [5, 5.41) is 11.7. The maximum absolute atomic E-state index is 12.0. The summed E-state index contributed by atoms with van der Waals surface area (Å²) in [6.45, 7) is 4.16. The molecule has 0 aromatic heterocycles. The highest BCUT2D eigenvalue weighted by atomic mass is 16.4. The molecular weight excluding hydrogens is 266 g/mol. The van der Waals surface area contributed by atoms with Crippen LogP contribution < -0.4 is 5.32 Å². The number of aliphatic carboxylic acids is 1. The van der Waals surface area contributed by atoms with Crippen molar-refractivity contribution in [3.8, 4) is 0 Å². The van der Waals surface area contributed by atoms with Crippen LogP contribution in [0.3, 0.4) is 0 Å². The molecule has 4 heteroatoms. The number of hydrogen-bond donors (Lipinski definition) is 2. The third-order valence-corrected chi connectivity index (χ3v) is 4.30. The van der Waals surface area contributed by atoms with E-state index in [4.69, 9.17) is 5.11 Å². The van der Waals surface area contributed by atoms with Crippen LogP contribution in [0.15, 0.2) is 24.3 Å². The molecule has 2 N–H and O–H groups in total. The van der Waals surface area contributed by atoms with Gasteiger partial charge in [-0.1, -0.05) is 38.1 Å². The molecule has 0 radical (unpaired) electrons. The summed E-state index contributed by atoms with van der Waals surface area (Å²) in [5.41, 5.74) is 2.46. The van der Waals surface area contributed by atoms with Gasteiger partial charge >= 0.3 is 5.97 Å². The fraction of sp³-hybridized carbons (Fsp3) is 0.529. The lowest BCUT2D eigenvalue weighted by Gasteiger charge is -2.33. The molecule has 2 rings (SSSR count). The van der Waals surface area contributed by atoms with E-state index in [0.717, 1.165) is 6.42 Å². The minimum absolute atomic E-state index is 0.0101. The van der Waals surface area contributed by atoms with E-state index in [0.29, 0.717) is 19.3 Å². The van der Waals surface area contributed by atoms with Crippen molar-refractivity contribution < 1.29 is 14.7 Å². The lowest BCUT2D eigenvalue weighted by Crippen LogP contribution is -2.46. The summed E-state index contributed by atoms with van der Waals surface area (Å²) in [6.07, 6.45) is 2.57. The smallest absolute Gasteiger partial charge is 0.306 e.